The Balaban J connectivity index is 2.30. The first-order valence-corrected chi connectivity index (χ1v) is 7.21. The Morgan fingerprint density at radius 2 is 2.11 bits per heavy atom. The van der Waals surface area contributed by atoms with Crippen molar-refractivity contribution in [1.82, 2.24) is 0 Å². The van der Waals surface area contributed by atoms with Crippen LogP contribution in [0.4, 0.5) is 5.69 Å². The molecule has 1 atom stereocenters. The number of anilines is 1. The maximum absolute atomic E-state index is 10.4. The van der Waals surface area contributed by atoms with Crippen LogP contribution in [0.2, 0.25) is 0 Å². The second kappa shape index (κ2) is 4.03. The highest BCUT2D eigenvalue weighted by Gasteiger charge is 2.37. The second-order valence-electron chi connectivity index (χ2n) is 6.64. The Morgan fingerprint density at radius 1 is 1.37 bits per heavy atom. The average Bonchev–Trinajstić information content (AvgIpc) is 2.34. The Bertz CT molecular complexity index is 557. The second-order valence-corrected chi connectivity index (χ2v) is 6.64. The van der Waals surface area contributed by atoms with Gasteiger partial charge in [-0.2, -0.15) is 0 Å². The highest BCUT2D eigenvalue weighted by atomic mass is 16.3. The number of phenolic OH excluding ortho intramolecular Hbond substituents is 1. The van der Waals surface area contributed by atoms with E-state index in [-0.39, 0.29) is 5.54 Å². The fourth-order valence-corrected chi connectivity index (χ4v) is 3.74. The highest BCUT2D eigenvalue weighted by Crippen LogP contribution is 2.49. The van der Waals surface area contributed by atoms with Gasteiger partial charge in [0.2, 0.25) is 0 Å². The Labute approximate surface area is 115 Å². The van der Waals surface area contributed by atoms with Crippen LogP contribution in [-0.2, 0) is 6.42 Å². The highest BCUT2D eigenvalue weighted by molar-refractivity contribution is 5.76. The maximum Gasteiger partial charge on any atom is 0.121 e. The Morgan fingerprint density at radius 3 is 2.84 bits per heavy atom. The van der Waals surface area contributed by atoms with E-state index in [1.54, 1.807) is 0 Å². The fourth-order valence-electron chi connectivity index (χ4n) is 3.74. The summed E-state index contributed by atoms with van der Waals surface area (Å²) in [6.45, 7) is 6.82. The molecule has 0 saturated heterocycles. The minimum atomic E-state index is 0.148. The SMILES string of the molecule is CC1CC(C)(C)N(C)c2c3c(cc(O)c21)C=CCC3. The lowest BCUT2D eigenvalue weighted by atomic mass is 9.77. The molecule has 1 aliphatic heterocycles. The molecule has 1 aromatic rings. The molecular weight excluding hydrogens is 234 g/mol. The Kier molecular flexibility index (Phi) is 2.67. The molecule has 0 fully saturated rings. The van der Waals surface area contributed by atoms with Crippen LogP contribution in [0.1, 0.15) is 56.2 Å². The third kappa shape index (κ3) is 1.77. The van der Waals surface area contributed by atoms with Crippen molar-refractivity contribution in [3.05, 3.63) is 28.8 Å². The summed E-state index contributed by atoms with van der Waals surface area (Å²) in [5, 5.41) is 10.4. The van der Waals surface area contributed by atoms with E-state index in [0.29, 0.717) is 11.7 Å². The van der Waals surface area contributed by atoms with Gasteiger partial charge < -0.3 is 10.0 Å². The molecule has 1 aromatic carbocycles. The number of allylic oxidation sites excluding steroid dienone is 1. The molecule has 0 bridgehead atoms. The van der Waals surface area contributed by atoms with E-state index in [1.807, 2.05) is 6.07 Å². The molecule has 0 amide bonds. The molecule has 0 radical (unpaired) electrons. The molecule has 2 heteroatoms. The standard InChI is InChI=1S/C17H23NO/c1-11-10-17(2,3)18(4)16-13-8-6-5-7-12(13)9-14(19)15(11)16/h5,7,9,11,19H,6,8,10H2,1-4H3. The predicted molar refractivity (Wildman–Crippen MR) is 81.0 cm³/mol. The van der Waals surface area contributed by atoms with Gasteiger partial charge in [0.15, 0.2) is 0 Å². The van der Waals surface area contributed by atoms with Crippen molar-refractivity contribution in [3.63, 3.8) is 0 Å². The lowest BCUT2D eigenvalue weighted by Gasteiger charge is -2.47. The largest absolute Gasteiger partial charge is 0.508 e. The van der Waals surface area contributed by atoms with Crippen LogP contribution in [0.15, 0.2) is 12.1 Å². The third-order valence-corrected chi connectivity index (χ3v) is 4.86. The number of hydrogen-bond acceptors (Lipinski definition) is 2. The van der Waals surface area contributed by atoms with Gasteiger partial charge >= 0.3 is 0 Å². The predicted octanol–water partition coefficient (Wildman–Crippen LogP) is 4.07. The number of rotatable bonds is 0. The van der Waals surface area contributed by atoms with Crippen LogP contribution < -0.4 is 4.90 Å². The molecule has 19 heavy (non-hydrogen) atoms. The number of fused-ring (bicyclic) bond motifs is 3. The summed E-state index contributed by atoms with van der Waals surface area (Å²) in [6, 6.07) is 1.95. The minimum Gasteiger partial charge on any atom is -0.508 e. The van der Waals surface area contributed by atoms with Crippen LogP contribution in [-0.4, -0.2) is 17.7 Å². The van der Waals surface area contributed by atoms with Gasteiger partial charge in [-0.1, -0.05) is 19.1 Å². The molecule has 2 aliphatic rings. The van der Waals surface area contributed by atoms with Gasteiger partial charge in [-0.3, -0.25) is 0 Å². The van der Waals surface area contributed by atoms with Crippen LogP contribution in [0.5, 0.6) is 5.75 Å². The Hall–Kier alpha value is -1.44. The van der Waals surface area contributed by atoms with E-state index in [4.69, 9.17) is 0 Å². The number of nitrogens with zero attached hydrogens (tertiary/aromatic N) is 1. The van der Waals surface area contributed by atoms with Crippen molar-refractivity contribution in [3.8, 4) is 5.75 Å². The van der Waals surface area contributed by atoms with Gasteiger partial charge in [0, 0.05) is 23.8 Å². The number of hydrogen-bond donors (Lipinski definition) is 1. The molecule has 0 aromatic heterocycles. The molecule has 3 rings (SSSR count). The van der Waals surface area contributed by atoms with Crippen molar-refractivity contribution in [2.24, 2.45) is 0 Å². The van der Waals surface area contributed by atoms with Crippen molar-refractivity contribution in [2.45, 2.75) is 51.5 Å². The molecule has 0 spiro atoms. The minimum absolute atomic E-state index is 0.148. The summed E-state index contributed by atoms with van der Waals surface area (Å²) in [4.78, 5) is 2.38. The van der Waals surface area contributed by atoms with Crippen LogP contribution in [0.3, 0.4) is 0 Å². The van der Waals surface area contributed by atoms with Crippen molar-refractivity contribution >= 4 is 11.8 Å². The van der Waals surface area contributed by atoms with E-state index in [9.17, 15) is 5.11 Å². The topological polar surface area (TPSA) is 23.5 Å². The number of aromatic hydroxyl groups is 1. The molecular formula is C17H23NO. The number of benzene rings is 1. The normalized spacial score (nSPS) is 24.0. The van der Waals surface area contributed by atoms with Gasteiger partial charge in [0.05, 0.1) is 0 Å². The molecule has 1 unspecified atom stereocenters. The maximum atomic E-state index is 10.4. The van der Waals surface area contributed by atoms with E-state index in [1.165, 1.54) is 16.8 Å². The number of phenols is 1. The summed E-state index contributed by atoms with van der Waals surface area (Å²) < 4.78 is 0. The van der Waals surface area contributed by atoms with Gasteiger partial charge in [0.1, 0.15) is 5.75 Å². The first kappa shape index (κ1) is 12.6. The molecule has 102 valence electrons. The van der Waals surface area contributed by atoms with E-state index in [2.05, 4.69) is 44.9 Å². The molecule has 2 nitrogen and oxygen atoms in total. The summed E-state index contributed by atoms with van der Waals surface area (Å²) >= 11 is 0. The van der Waals surface area contributed by atoms with E-state index >= 15 is 0 Å². The average molecular weight is 257 g/mol. The summed E-state index contributed by atoms with van der Waals surface area (Å²) in [6.07, 6.45) is 7.62. The summed E-state index contributed by atoms with van der Waals surface area (Å²) in [7, 11) is 2.17. The van der Waals surface area contributed by atoms with E-state index in [0.717, 1.165) is 24.8 Å². The van der Waals surface area contributed by atoms with Gasteiger partial charge in [-0.15, -0.1) is 0 Å². The quantitative estimate of drug-likeness (QED) is 0.757. The van der Waals surface area contributed by atoms with Crippen molar-refractivity contribution in [1.29, 1.82) is 0 Å². The summed E-state index contributed by atoms with van der Waals surface area (Å²) in [5.74, 6) is 0.882. The van der Waals surface area contributed by atoms with Gasteiger partial charge in [-0.25, -0.2) is 0 Å². The van der Waals surface area contributed by atoms with E-state index < -0.39 is 0 Å². The molecule has 0 saturated carbocycles. The molecule has 1 N–H and O–H groups in total. The monoisotopic (exact) mass is 257 g/mol. The third-order valence-electron chi connectivity index (χ3n) is 4.86. The lowest BCUT2D eigenvalue weighted by molar-refractivity contribution is 0.379. The summed E-state index contributed by atoms with van der Waals surface area (Å²) in [5.41, 5.74) is 5.19. The van der Waals surface area contributed by atoms with Crippen molar-refractivity contribution in [2.75, 3.05) is 11.9 Å². The first-order chi connectivity index (χ1) is 8.92. The van der Waals surface area contributed by atoms with Crippen LogP contribution >= 0.6 is 0 Å². The fraction of sp³-hybridized carbons (Fsp3) is 0.529. The zero-order valence-corrected chi connectivity index (χ0v) is 12.3. The smallest absolute Gasteiger partial charge is 0.121 e. The van der Waals surface area contributed by atoms with Gasteiger partial charge in [-0.05, 0) is 56.2 Å². The molecule has 1 heterocycles. The van der Waals surface area contributed by atoms with Crippen LogP contribution in [0, 0.1) is 0 Å². The van der Waals surface area contributed by atoms with Gasteiger partial charge in [0.25, 0.3) is 0 Å². The molecule has 1 aliphatic carbocycles. The first-order valence-electron chi connectivity index (χ1n) is 7.21. The van der Waals surface area contributed by atoms with Crippen LogP contribution in [0.25, 0.3) is 6.08 Å². The zero-order valence-electron chi connectivity index (χ0n) is 12.3. The zero-order chi connectivity index (χ0) is 13.8. The lowest BCUT2D eigenvalue weighted by Crippen LogP contribution is -2.46. The van der Waals surface area contributed by atoms with Crippen molar-refractivity contribution < 1.29 is 5.11 Å².